The van der Waals surface area contributed by atoms with Gasteiger partial charge in [0.25, 0.3) is 0 Å². The Morgan fingerprint density at radius 3 is 2.67 bits per heavy atom. The second-order valence-corrected chi connectivity index (χ2v) is 5.49. The van der Waals surface area contributed by atoms with Gasteiger partial charge in [-0.05, 0) is 37.5 Å². The number of halogens is 1. The van der Waals surface area contributed by atoms with Gasteiger partial charge in [-0.3, -0.25) is 9.69 Å². The molecule has 0 amide bonds. The number of rotatable bonds is 6. The summed E-state index contributed by atoms with van der Waals surface area (Å²) in [5.74, 6) is -0.774. The molecular formula is C14H20BrNO2. The predicted octanol–water partition coefficient (Wildman–Crippen LogP) is 3.44. The molecule has 1 aromatic carbocycles. The Morgan fingerprint density at radius 1 is 1.50 bits per heavy atom. The molecule has 0 fully saturated rings. The molecule has 18 heavy (non-hydrogen) atoms. The normalized spacial score (nSPS) is 12.7. The molecule has 0 heterocycles. The Labute approximate surface area is 117 Å². The van der Waals surface area contributed by atoms with Crippen molar-refractivity contribution in [2.75, 3.05) is 6.54 Å². The number of aryl methyl sites for hydroxylation is 1. The SMILES string of the molecule is CCC(C)N(CC(=O)O)Cc1ccc(Br)c(C)c1. The van der Waals surface area contributed by atoms with Crippen molar-refractivity contribution in [3.63, 3.8) is 0 Å². The van der Waals surface area contributed by atoms with Crippen molar-refractivity contribution in [1.29, 1.82) is 0 Å². The van der Waals surface area contributed by atoms with Crippen molar-refractivity contribution in [1.82, 2.24) is 4.90 Å². The highest BCUT2D eigenvalue weighted by atomic mass is 79.9. The summed E-state index contributed by atoms with van der Waals surface area (Å²) in [5.41, 5.74) is 2.32. The lowest BCUT2D eigenvalue weighted by molar-refractivity contribution is -0.139. The van der Waals surface area contributed by atoms with Crippen LogP contribution in [0.25, 0.3) is 0 Å². The van der Waals surface area contributed by atoms with Crippen LogP contribution in [0.15, 0.2) is 22.7 Å². The Bertz CT molecular complexity index is 420. The second kappa shape index (κ2) is 6.90. The molecule has 1 aromatic rings. The fourth-order valence-electron chi connectivity index (χ4n) is 1.84. The van der Waals surface area contributed by atoms with Crippen molar-refractivity contribution in [2.24, 2.45) is 0 Å². The number of hydrogen-bond donors (Lipinski definition) is 1. The smallest absolute Gasteiger partial charge is 0.317 e. The van der Waals surface area contributed by atoms with Crippen molar-refractivity contribution in [2.45, 2.75) is 39.8 Å². The summed E-state index contributed by atoms with van der Waals surface area (Å²) in [6.07, 6.45) is 0.947. The summed E-state index contributed by atoms with van der Waals surface area (Å²) in [6.45, 7) is 6.94. The van der Waals surface area contributed by atoms with E-state index in [2.05, 4.69) is 35.8 Å². The number of carboxylic acid groups (broad SMARTS) is 1. The zero-order valence-corrected chi connectivity index (χ0v) is 12.7. The number of hydrogen-bond acceptors (Lipinski definition) is 2. The molecule has 0 aromatic heterocycles. The third-order valence-corrected chi connectivity index (χ3v) is 4.05. The minimum atomic E-state index is -0.774. The lowest BCUT2D eigenvalue weighted by Gasteiger charge is -2.26. The van der Waals surface area contributed by atoms with E-state index in [9.17, 15) is 4.79 Å². The molecule has 100 valence electrons. The van der Waals surface area contributed by atoms with E-state index in [0.717, 1.165) is 16.5 Å². The number of nitrogens with zero attached hydrogens (tertiary/aromatic N) is 1. The van der Waals surface area contributed by atoms with E-state index in [0.29, 0.717) is 6.54 Å². The maximum Gasteiger partial charge on any atom is 0.317 e. The largest absolute Gasteiger partial charge is 0.480 e. The average molecular weight is 314 g/mol. The van der Waals surface area contributed by atoms with E-state index in [1.54, 1.807) is 0 Å². The predicted molar refractivity (Wildman–Crippen MR) is 76.7 cm³/mol. The second-order valence-electron chi connectivity index (χ2n) is 4.64. The first-order valence-electron chi connectivity index (χ1n) is 6.15. The van der Waals surface area contributed by atoms with Crippen LogP contribution in [0.3, 0.4) is 0 Å². The maximum absolute atomic E-state index is 10.9. The Hall–Kier alpha value is -0.870. The minimum Gasteiger partial charge on any atom is -0.480 e. The molecule has 3 nitrogen and oxygen atoms in total. The van der Waals surface area contributed by atoms with Crippen LogP contribution < -0.4 is 0 Å². The molecule has 0 aliphatic rings. The first kappa shape index (κ1) is 15.2. The zero-order chi connectivity index (χ0) is 13.7. The van der Waals surface area contributed by atoms with Crippen LogP contribution in [-0.2, 0) is 11.3 Å². The standard InChI is InChI=1S/C14H20BrNO2/c1-4-11(3)16(9-14(17)18)8-12-5-6-13(15)10(2)7-12/h5-7,11H,4,8-9H2,1-3H3,(H,17,18). The minimum absolute atomic E-state index is 0.0874. The summed E-state index contributed by atoms with van der Waals surface area (Å²) in [6, 6.07) is 6.42. The summed E-state index contributed by atoms with van der Waals surface area (Å²) in [4.78, 5) is 12.9. The van der Waals surface area contributed by atoms with E-state index in [-0.39, 0.29) is 12.6 Å². The van der Waals surface area contributed by atoms with Gasteiger partial charge in [-0.2, -0.15) is 0 Å². The first-order chi connectivity index (χ1) is 8.43. The highest BCUT2D eigenvalue weighted by Crippen LogP contribution is 2.19. The van der Waals surface area contributed by atoms with E-state index >= 15 is 0 Å². The maximum atomic E-state index is 10.9. The van der Waals surface area contributed by atoms with Gasteiger partial charge in [-0.15, -0.1) is 0 Å². The summed E-state index contributed by atoms with van der Waals surface area (Å²) in [5, 5.41) is 8.96. The Morgan fingerprint density at radius 2 is 2.17 bits per heavy atom. The van der Waals surface area contributed by atoms with Gasteiger partial charge in [0, 0.05) is 17.1 Å². The van der Waals surface area contributed by atoms with Crippen LogP contribution in [-0.4, -0.2) is 28.6 Å². The third kappa shape index (κ3) is 4.42. The topological polar surface area (TPSA) is 40.5 Å². The van der Waals surface area contributed by atoms with Crippen LogP contribution in [0.2, 0.25) is 0 Å². The fourth-order valence-corrected chi connectivity index (χ4v) is 2.09. The van der Waals surface area contributed by atoms with Crippen LogP contribution >= 0.6 is 15.9 Å². The van der Waals surface area contributed by atoms with Crippen LogP contribution in [0, 0.1) is 6.92 Å². The average Bonchev–Trinajstić information content (AvgIpc) is 2.31. The molecule has 0 saturated carbocycles. The monoisotopic (exact) mass is 313 g/mol. The fraction of sp³-hybridized carbons (Fsp3) is 0.500. The molecule has 0 aliphatic carbocycles. The quantitative estimate of drug-likeness (QED) is 0.874. The highest BCUT2D eigenvalue weighted by molar-refractivity contribution is 9.10. The highest BCUT2D eigenvalue weighted by Gasteiger charge is 2.16. The van der Waals surface area contributed by atoms with Crippen molar-refractivity contribution in [3.8, 4) is 0 Å². The van der Waals surface area contributed by atoms with Crippen molar-refractivity contribution in [3.05, 3.63) is 33.8 Å². The van der Waals surface area contributed by atoms with Gasteiger partial charge in [-0.1, -0.05) is 35.0 Å². The van der Waals surface area contributed by atoms with Gasteiger partial charge in [0.1, 0.15) is 0 Å². The number of carbonyl (C=O) groups is 1. The van der Waals surface area contributed by atoms with E-state index in [4.69, 9.17) is 5.11 Å². The lowest BCUT2D eigenvalue weighted by Crippen LogP contribution is -2.36. The van der Waals surface area contributed by atoms with E-state index in [1.165, 1.54) is 5.56 Å². The number of carboxylic acids is 1. The van der Waals surface area contributed by atoms with Crippen molar-refractivity contribution < 1.29 is 9.90 Å². The van der Waals surface area contributed by atoms with Gasteiger partial charge < -0.3 is 5.11 Å². The first-order valence-corrected chi connectivity index (χ1v) is 6.94. The molecule has 1 N–H and O–H groups in total. The van der Waals surface area contributed by atoms with Crippen molar-refractivity contribution >= 4 is 21.9 Å². The number of aliphatic carboxylic acids is 1. The van der Waals surface area contributed by atoms with Crippen LogP contribution in [0.5, 0.6) is 0 Å². The molecule has 1 atom stereocenters. The molecular weight excluding hydrogens is 294 g/mol. The molecule has 0 aliphatic heterocycles. The molecule has 1 unspecified atom stereocenters. The van der Waals surface area contributed by atoms with Gasteiger partial charge in [0.15, 0.2) is 0 Å². The van der Waals surface area contributed by atoms with Gasteiger partial charge in [0.2, 0.25) is 0 Å². The Balaban J connectivity index is 2.81. The molecule has 0 saturated heterocycles. The number of benzene rings is 1. The van der Waals surface area contributed by atoms with Gasteiger partial charge in [0.05, 0.1) is 6.54 Å². The summed E-state index contributed by atoms with van der Waals surface area (Å²) in [7, 11) is 0. The molecule has 0 radical (unpaired) electrons. The molecule has 0 spiro atoms. The van der Waals surface area contributed by atoms with E-state index in [1.807, 2.05) is 24.0 Å². The molecule has 0 bridgehead atoms. The molecule has 4 heteroatoms. The van der Waals surface area contributed by atoms with E-state index < -0.39 is 5.97 Å². The third-order valence-electron chi connectivity index (χ3n) is 3.16. The van der Waals surface area contributed by atoms with Crippen LogP contribution in [0.4, 0.5) is 0 Å². The summed E-state index contributed by atoms with van der Waals surface area (Å²) >= 11 is 3.47. The van der Waals surface area contributed by atoms with Gasteiger partial charge in [-0.25, -0.2) is 0 Å². The van der Waals surface area contributed by atoms with Crippen LogP contribution in [0.1, 0.15) is 31.4 Å². The summed E-state index contributed by atoms with van der Waals surface area (Å²) < 4.78 is 1.08. The Kier molecular flexibility index (Phi) is 5.82. The molecule has 1 rings (SSSR count). The zero-order valence-electron chi connectivity index (χ0n) is 11.1. The van der Waals surface area contributed by atoms with Gasteiger partial charge >= 0.3 is 5.97 Å². The lowest BCUT2D eigenvalue weighted by atomic mass is 10.1.